The number of hydrogen-bond donors (Lipinski definition) is 1. The van der Waals surface area contributed by atoms with Crippen LogP contribution < -0.4 is 0 Å². The average molecular weight is 228 g/mol. The van der Waals surface area contributed by atoms with E-state index >= 15 is 0 Å². The number of aryl methyl sites for hydroxylation is 1. The lowest BCUT2D eigenvalue weighted by Crippen LogP contribution is -2.10. The molecule has 1 N–H and O–H groups in total. The van der Waals surface area contributed by atoms with Gasteiger partial charge in [0.15, 0.2) is 0 Å². The molecule has 17 heavy (non-hydrogen) atoms. The fraction of sp³-hybridized carbons (Fsp3) is 0.267. The Kier molecular flexibility index (Phi) is 3.43. The second-order valence-corrected chi connectivity index (χ2v) is 4.42. The zero-order chi connectivity index (χ0) is 12.3. The van der Waals surface area contributed by atoms with Crippen LogP contribution in [0.3, 0.4) is 0 Å². The molecular formula is C15H16O2. The molecule has 2 aromatic carbocycles. The van der Waals surface area contributed by atoms with Crippen molar-refractivity contribution in [1.29, 1.82) is 0 Å². The van der Waals surface area contributed by atoms with Gasteiger partial charge in [-0.05, 0) is 29.2 Å². The molecule has 2 rings (SSSR count). The first kappa shape index (κ1) is 11.6. The van der Waals surface area contributed by atoms with Crippen LogP contribution in [0.1, 0.15) is 18.9 Å². The summed E-state index contributed by atoms with van der Waals surface area (Å²) in [4.78, 5) is 10.8. The molecular weight excluding hydrogens is 212 g/mol. The van der Waals surface area contributed by atoms with Gasteiger partial charge in [0.2, 0.25) is 0 Å². The fourth-order valence-electron chi connectivity index (χ4n) is 2.01. The first-order valence-electron chi connectivity index (χ1n) is 5.88. The number of carboxylic acids is 1. The van der Waals surface area contributed by atoms with E-state index in [2.05, 4.69) is 24.3 Å². The van der Waals surface area contributed by atoms with Crippen molar-refractivity contribution in [2.24, 2.45) is 5.92 Å². The summed E-state index contributed by atoms with van der Waals surface area (Å²) in [6.45, 7) is 1.76. The number of aliphatic carboxylic acids is 1. The van der Waals surface area contributed by atoms with E-state index in [-0.39, 0.29) is 5.92 Å². The van der Waals surface area contributed by atoms with Crippen LogP contribution in [-0.4, -0.2) is 11.1 Å². The van der Waals surface area contributed by atoms with Gasteiger partial charge >= 0.3 is 5.97 Å². The second kappa shape index (κ2) is 5.00. The van der Waals surface area contributed by atoms with Crippen molar-refractivity contribution in [3.8, 4) is 0 Å². The maximum Gasteiger partial charge on any atom is 0.306 e. The van der Waals surface area contributed by atoms with Crippen molar-refractivity contribution in [2.45, 2.75) is 19.8 Å². The highest BCUT2D eigenvalue weighted by Gasteiger charge is 2.11. The van der Waals surface area contributed by atoms with Crippen LogP contribution in [0.2, 0.25) is 0 Å². The maximum absolute atomic E-state index is 10.8. The predicted molar refractivity (Wildman–Crippen MR) is 69.1 cm³/mol. The molecule has 88 valence electrons. The molecule has 0 saturated heterocycles. The van der Waals surface area contributed by atoms with Crippen molar-refractivity contribution in [3.05, 3.63) is 48.0 Å². The summed E-state index contributed by atoms with van der Waals surface area (Å²) in [5, 5.41) is 11.3. The molecule has 0 aliphatic carbocycles. The van der Waals surface area contributed by atoms with Crippen LogP contribution in [0.25, 0.3) is 10.8 Å². The minimum atomic E-state index is -0.717. The average Bonchev–Trinajstić information content (AvgIpc) is 2.35. The molecule has 0 aliphatic heterocycles. The lowest BCUT2D eigenvalue weighted by molar-refractivity contribution is -0.141. The Morgan fingerprint density at radius 2 is 1.88 bits per heavy atom. The van der Waals surface area contributed by atoms with Crippen molar-refractivity contribution < 1.29 is 9.90 Å². The maximum atomic E-state index is 10.8. The third-order valence-corrected chi connectivity index (χ3v) is 3.15. The number of carboxylic acid groups (broad SMARTS) is 1. The third kappa shape index (κ3) is 2.64. The summed E-state index contributed by atoms with van der Waals surface area (Å²) in [6.07, 6.45) is 1.50. The number of hydrogen-bond acceptors (Lipinski definition) is 1. The zero-order valence-corrected chi connectivity index (χ0v) is 9.89. The Labute approximate surface area is 101 Å². The monoisotopic (exact) mass is 228 g/mol. The van der Waals surface area contributed by atoms with E-state index in [1.165, 1.54) is 16.3 Å². The number of rotatable bonds is 4. The molecule has 0 bridgehead atoms. The van der Waals surface area contributed by atoms with Gasteiger partial charge in [0.1, 0.15) is 0 Å². The van der Waals surface area contributed by atoms with Gasteiger partial charge in [-0.15, -0.1) is 0 Å². The molecule has 0 saturated carbocycles. The molecule has 0 amide bonds. The molecule has 0 fully saturated rings. The van der Waals surface area contributed by atoms with Crippen molar-refractivity contribution in [1.82, 2.24) is 0 Å². The SMILES string of the molecule is CC(CCc1cccc2ccccc12)C(=O)O. The fourth-order valence-corrected chi connectivity index (χ4v) is 2.01. The van der Waals surface area contributed by atoms with Gasteiger partial charge in [-0.1, -0.05) is 49.4 Å². The largest absolute Gasteiger partial charge is 0.481 e. The second-order valence-electron chi connectivity index (χ2n) is 4.42. The van der Waals surface area contributed by atoms with Crippen LogP contribution in [0, 0.1) is 5.92 Å². The van der Waals surface area contributed by atoms with Crippen molar-refractivity contribution >= 4 is 16.7 Å². The van der Waals surface area contributed by atoms with Crippen molar-refractivity contribution in [2.75, 3.05) is 0 Å². The van der Waals surface area contributed by atoms with Gasteiger partial charge in [0.05, 0.1) is 5.92 Å². The van der Waals surface area contributed by atoms with Gasteiger partial charge in [-0.3, -0.25) is 4.79 Å². The summed E-state index contributed by atoms with van der Waals surface area (Å²) < 4.78 is 0. The van der Waals surface area contributed by atoms with E-state index < -0.39 is 5.97 Å². The van der Waals surface area contributed by atoms with Crippen LogP contribution >= 0.6 is 0 Å². The van der Waals surface area contributed by atoms with Gasteiger partial charge in [-0.2, -0.15) is 0 Å². The lowest BCUT2D eigenvalue weighted by atomic mass is 9.97. The summed E-state index contributed by atoms with van der Waals surface area (Å²) in [5.74, 6) is -1.00. The summed E-state index contributed by atoms with van der Waals surface area (Å²) in [7, 11) is 0. The molecule has 0 spiro atoms. The van der Waals surface area contributed by atoms with Gasteiger partial charge in [0.25, 0.3) is 0 Å². The van der Waals surface area contributed by atoms with E-state index in [0.29, 0.717) is 6.42 Å². The summed E-state index contributed by atoms with van der Waals surface area (Å²) in [6, 6.07) is 14.4. The smallest absolute Gasteiger partial charge is 0.306 e. The van der Waals surface area contributed by atoms with E-state index in [0.717, 1.165) is 6.42 Å². The standard InChI is InChI=1S/C15H16O2/c1-11(15(16)17)9-10-13-7-4-6-12-5-2-3-8-14(12)13/h2-8,11H,9-10H2,1H3,(H,16,17). The first-order valence-corrected chi connectivity index (χ1v) is 5.88. The summed E-state index contributed by atoms with van der Waals surface area (Å²) in [5.41, 5.74) is 1.23. The Hall–Kier alpha value is -1.83. The topological polar surface area (TPSA) is 37.3 Å². The van der Waals surface area contributed by atoms with E-state index in [9.17, 15) is 4.79 Å². The predicted octanol–water partition coefficient (Wildman–Crippen LogP) is 3.49. The molecule has 1 atom stereocenters. The number of fused-ring (bicyclic) bond motifs is 1. The molecule has 0 aromatic heterocycles. The van der Waals surface area contributed by atoms with Gasteiger partial charge < -0.3 is 5.11 Å². The molecule has 1 unspecified atom stereocenters. The minimum absolute atomic E-state index is 0.283. The molecule has 0 aliphatic rings. The van der Waals surface area contributed by atoms with E-state index in [1.54, 1.807) is 6.92 Å². The quantitative estimate of drug-likeness (QED) is 0.869. The lowest BCUT2D eigenvalue weighted by Gasteiger charge is -2.08. The van der Waals surface area contributed by atoms with Gasteiger partial charge in [0, 0.05) is 0 Å². The Balaban J connectivity index is 2.21. The van der Waals surface area contributed by atoms with Crippen LogP contribution in [0.5, 0.6) is 0 Å². The molecule has 0 heterocycles. The van der Waals surface area contributed by atoms with Crippen LogP contribution in [0.4, 0.5) is 0 Å². The normalized spacial score (nSPS) is 12.5. The highest BCUT2D eigenvalue weighted by Crippen LogP contribution is 2.21. The highest BCUT2D eigenvalue weighted by molar-refractivity contribution is 5.85. The minimum Gasteiger partial charge on any atom is -0.481 e. The molecule has 2 aromatic rings. The molecule has 2 heteroatoms. The third-order valence-electron chi connectivity index (χ3n) is 3.15. The molecule has 2 nitrogen and oxygen atoms in total. The van der Waals surface area contributed by atoms with Crippen LogP contribution in [0.15, 0.2) is 42.5 Å². The van der Waals surface area contributed by atoms with Gasteiger partial charge in [-0.25, -0.2) is 0 Å². The summed E-state index contributed by atoms with van der Waals surface area (Å²) >= 11 is 0. The van der Waals surface area contributed by atoms with Crippen LogP contribution in [-0.2, 0) is 11.2 Å². The molecule has 0 radical (unpaired) electrons. The number of carbonyl (C=O) groups is 1. The number of benzene rings is 2. The Morgan fingerprint density at radius 1 is 1.18 bits per heavy atom. The zero-order valence-electron chi connectivity index (χ0n) is 9.89. The van der Waals surface area contributed by atoms with Crippen molar-refractivity contribution in [3.63, 3.8) is 0 Å². The van der Waals surface area contributed by atoms with E-state index in [1.807, 2.05) is 18.2 Å². The first-order chi connectivity index (χ1) is 8.18. The Bertz CT molecular complexity index is 526. The van der Waals surface area contributed by atoms with E-state index in [4.69, 9.17) is 5.11 Å². The Morgan fingerprint density at radius 3 is 2.65 bits per heavy atom. The highest BCUT2D eigenvalue weighted by atomic mass is 16.4.